The maximum atomic E-state index is 14.6. The second-order valence-electron chi connectivity index (χ2n) is 8.05. The second kappa shape index (κ2) is 7.47. The van der Waals surface area contributed by atoms with E-state index in [2.05, 4.69) is 30.4 Å². The van der Waals surface area contributed by atoms with Crippen LogP contribution in [0.4, 0.5) is 10.3 Å². The number of aryl methyl sites for hydroxylation is 2. The molecule has 0 radical (unpaired) electrons. The van der Waals surface area contributed by atoms with Gasteiger partial charge in [0.05, 0.1) is 49.4 Å². The number of hydrogen-bond donors (Lipinski definition) is 1. The van der Waals surface area contributed by atoms with Crippen molar-refractivity contribution in [1.82, 2.24) is 30.3 Å². The Morgan fingerprint density at radius 2 is 1.90 bits per heavy atom. The third-order valence-corrected chi connectivity index (χ3v) is 5.63. The van der Waals surface area contributed by atoms with Crippen molar-refractivity contribution >= 4 is 11.7 Å². The van der Waals surface area contributed by atoms with E-state index in [0.717, 1.165) is 11.4 Å². The fraction of sp³-hybridized carbons (Fsp3) is 0.381. The average Bonchev–Trinajstić information content (AvgIpc) is 3.25. The first-order valence-electron chi connectivity index (χ1n) is 10.1. The molecule has 0 bridgehead atoms. The van der Waals surface area contributed by atoms with Crippen molar-refractivity contribution in [3.63, 3.8) is 0 Å². The van der Waals surface area contributed by atoms with Crippen molar-refractivity contribution in [2.24, 2.45) is 0 Å². The quantitative estimate of drug-likeness (QED) is 0.626. The molecule has 1 spiro atoms. The lowest BCUT2D eigenvalue weighted by Crippen LogP contribution is -2.72. The second-order valence-corrected chi connectivity index (χ2v) is 8.05. The number of nitrogens with one attached hydrogen (secondary N) is 1. The zero-order valence-electron chi connectivity index (χ0n) is 17.2. The normalized spacial score (nSPS) is 20.0. The number of ether oxygens (including phenoxy) is 1. The van der Waals surface area contributed by atoms with Crippen LogP contribution < -0.4 is 10.2 Å². The van der Waals surface area contributed by atoms with E-state index in [9.17, 15) is 9.18 Å². The first kappa shape index (κ1) is 19.7. The summed E-state index contributed by atoms with van der Waals surface area (Å²) in [6, 6.07) is 5.70. The van der Waals surface area contributed by atoms with Gasteiger partial charge in [0.15, 0.2) is 5.78 Å². The number of nitrogens with zero attached hydrogens (tertiary/aromatic N) is 6. The number of carbonyl (C=O) groups is 1. The van der Waals surface area contributed by atoms with Gasteiger partial charge in [-0.25, -0.2) is 14.4 Å². The van der Waals surface area contributed by atoms with E-state index in [-0.39, 0.29) is 18.0 Å². The molecule has 4 heterocycles. The summed E-state index contributed by atoms with van der Waals surface area (Å²) in [4.78, 5) is 25.4. The van der Waals surface area contributed by atoms with Gasteiger partial charge in [-0.3, -0.25) is 4.79 Å². The lowest BCUT2D eigenvalue weighted by atomic mass is 9.90. The van der Waals surface area contributed by atoms with Crippen LogP contribution in [0.3, 0.4) is 0 Å². The van der Waals surface area contributed by atoms with Crippen LogP contribution in [-0.2, 0) is 4.74 Å². The molecule has 2 aromatic heterocycles. The molecule has 9 nitrogen and oxygen atoms in total. The molecule has 5 rings (SSSR count). The molecular weight excluding hydrogens is 401 g/mol. The molecule has 0 amide bonds. The summed E-state index contributed by atoms with van der Waals surface area (Å²) in [6.45, 7) is 5.78. The smallest absolute Gasteiger partial charge is 0.225 e. The van der Waals surface area contributed by atoms with Gasteiger partial charge in [0, 0.05) is 17.9 Å². The summed E-state index contributed by atoms with van der Waals surface area (Å²) in [7, 11) is 0. The van der Waals surface area contributed by atoms with Crippen LogP contribution in [0.25, 0.3) is 5.69 Å². The van der Waals surface area contributed by atoms with Gasteiger partial charge < -0.3 is 15.0 Å². The molecule has 31 heavy (non-hydrogen) atoms. The van der Waals surface area contributed by atoms with Crippen molar-refractivity contribution in [1.29, 1.82) is 0 Å². The maximum absolute atomic E-state index is 14.6. The Bertz CT molecular complexity index is 1100. The highest BCUT2D eigenvalue weighted by Gasteiger charge is 2.49. The standard InChI is InChI=1S/C21H22FN7O2/c1-13-8-14(2)27-20(26-13)28-11-21(12-28)10-23-16(9-31-21)19(30)18-15(22)4-3-5-17(18)29-24-6-7-25-29/h3-8,16,23H,9-12H2,1-2H3. The van der Waals surface area contributed by atoms with E-state index in [1.165, 1.54) is 29.3 Å². The summed E-state index contributed by atoms with van der Waals surface area (Å²) in [5.41, 5.74) is 1.70. The van der Waals surface area contributed by atoms with E-state index in [1.807, 2.05) is 19.9 Å². The fourth-order valence-corrected chi connectivity index (χ4v) is 4.13. The lowest BCUT2D eigenvalue weighted by Gasteiger charge is -2.52. The molecule has 10 heteroatoms. The Kier molecular flexibility index (Phi) is 4.75. The maximum Gasteiger partial charge on any atom is 0.225 e. The van der Waals surface area contributed by atoms with Crippen LogP contribution >= 0.6 is 0 Å². The summed E-state index contributed by atoms with van der Waals surface area (Å²) in [5, 5.41) is 11.3. The van der Waals surface area contributed by atoms with Gasteiger partial charge in [0.2, 0.25) is 5.95 Å². The highest BCUT2D eigenvalue weighted by molar-refractivity contribution is 6.03. The summed E-state index contributed by atoms with van der Waals surface area (Å²) in [5.74, 6) is -0.301. The molecule has 2 saturated heterocycles. The van der Waals surface area contributed by atoms with E-state index in [1.54, 1.807) is 6.07 Å². The number of hydrogen-bond acceptors (Lipinski definition) is 8. The largest absolute Gasteiger partial charge is 0.368 e. The topological polar surface area (TPSA) is 98.1 Å². The SMILES string of the molecule is Cc1cc(C)nc(N2CC3(CNC(C(=O)c4c(F)cccc4-n4nccn4)CO3)C2)n1. The van der Waals surface area contributed by atoms with Gasteiger partial charge in [-0.2, -0.15) is 15.0 Å². The first-order chi connectivity index (χ1) is 14.9. The Labute approximate surface area is 178 Å². The molecule has 3 aromatic rings. The number of benzene rings is 1. The number of rotatable bonds is 4. The molecule has 2 fully saturated rings. The molecule has 1 atom stereocenters. The van der Waals surface area contributed by atoms with Crippen molar-refractivity contribution in [3.05, 3.63) is 59.4 Å². The van der Waals surface area contributed by atoms with Crippen LogP contribution in [0, 0.1) is 19.7 Å². The van der Waals surface area contributed by atoms with Crippen LogP contribution in [-0.4, -0.2) is 68.6 Å². The molecule has 1 aromatic carbocycles. The van der Waals surface area contributed by atoms with E-state index in [4.69, 9.17) is 4.74 Å². The van der Waals surface area contributed by atoms with Crippen LogP contribution in [0.2, 0.25) is 0 Å². The minimum Gasteiger partial charge on any atom is -0.368 e. The van der Waals surface area contributed by atoms with Crippen molar-refractivity contribution in [2.75, 3.05) is 31.1 Å². The van der Waals surface area contributed by atoms with Crippen LogP contribution in [0.1, 0.15) is 21.7 Å². The molecule has 1 N–H and O–H groups in total. The zero-order chi connectivity index (χ0) is 21.6. The van der Waals surface area contributed by atoms with Crippen molar-refractivity contribution < 1.29 is 13.9 Å². The number of anilines is 1. The predicted octanol–water partition coefficient (Wildman–Crippen LogP) is 1.24. The minimum atomic E-state index is -0.650. The van der Waals surface area contributed by atoms with Gasteiger partial charge in [-0.1, -0.05) is 6.07 Å². The Morgan fingerprint density at radius 3 is 2.55 bits per heavy atom. The number of halogens is 1. The monoisotopic (exact) mass is 423 g/mol. The van der Waals surface area contributed by atoms with E-state index >= 15 is 0 Å². The third-order valence-electron chi connectivity index (χ3n) is 5.63. The molecule has 0 saturated carbocycles. The fourth-order valence-electron chi connectivity index (χ4n) is 4.13. The number of morpholine rings is 1. The number of carbonyl (C=O) groups excluding carboxylic acids is 1. The molecule has 160 valence electrons. The molecule has 0 aliphatic carbocycles. The molecule has 2 aliphatic heterocycles. The van der Waals surface area contributed by atoms with Gasteiger partial charge >= 0.3 is 0 Å². The van der Waals surface area contributed by atoms with Crippen molar-refractivity contribution in [3.8, 4) is 5.69 Å². The Hall–Kier alpha value is -3.24. The third kappa shape index (κ3) is 3.57. The van der Waals surface area contributed by atoms with Gasteiger partial charge in [0.25, 0.3) is 0 Å². The predicted molar refractivity (Wildman–Crippen MR) is 110 cm³/mol. The molecule has 2 aliphatic rings. The molecular formula is C21H22FN7O2. The zero-order valence-corrected chi connectivity index (χ0v) is 17.2. The minimum absolute atomic E-state index is 0.0466. The summed E-state index contributed by atoms with van der Waals surface area (Å²) in [6.07, 6.45) is 2.96. The summed E-state index contributed by atoms with van der Waals surface area (Å²) < 4.78 is 20.7. The van der Waals surface area contributed by atoms with Crippen LogP contribution in [0.5, 0.6) is 0 Å². The van der Waals surface area contributed by atoms with Gasteiger partial charge in [-0.05, 0) is 32.0 Å². The van der Waals surface area contributed by atoms with E-state index in [0.29, 0.717) is 31.3 Å². The van der Waals surface area contributed by atoms with Gasteiger partial charge in [-0.15, -0.1) is 0 Å². The van der Waals surface area contributed by atoms with Crippen LogP contribution in [0.15, 0.2) is 36.7 Å². The highest BCUT2D eigenvalue weighted by atomic mass is 19.1. The Morgan fingerprint density at radius 1 is 1.19 bits per heavy atom. The Balaban J connectivity index is 1.28. The number of Topliss-reactive ketones (excluding diaryl/α,β-unsaturated/α-hetero) is 1. The number of ketones is 1. The molecule has 1 unspecified atom stereocenters. The average molecular weight is 423 g/mol. The summed E-state index contributed by atoms with van der Waals surface area (Å²) >= 11 is 0. The lowest BCUT2D eigenvalue weighted by molar-refractivity contribution is -0.0938. The highest BCUT2D eigenvalue weighted by Crippen LogP contribution is 2.31. The van der Waals surface area contributed by atoms with Crippen molar-refractivity contribution in [2.45, 2.75) is 25.5 Å². The first-order valence-corrected chi connectivity index (χ1v) is 10.1. The number of aromatic nitrogens is 5. The van der Waals surface area contributed by atoms with Gasteiger partial charge in [0.1, 0.15) is 11.4 Å². The van der Waals surface area contributed by atoms with E-state index < -0.39 is 17.5 Å².